The van der Waals surface area contributed by atoms with E-state index < -0.39 is 5.97 Å². The van der Waals surface area contributed by atoms with Crippen molar-refractivity contribution in [3.8, 4) is 0 Å². The second-order valence-electron chi connectivity index (χ2n) is 3.71. The van der Waals surface area contributed by atoms with E-state index in [1.54, 1.807) is 25.1 Å². The molecule has 0 aromatic heterocycles. The molecule has 18 heavy (non-hydrogen) atoms. The van der Waals surface area contributed by atoms with Crippen LogP contribution in [0.2, 0.25) is 0 Å². The van der Waals surface area contributed by atoms with E-state index in [-0.39, 0.29) is 12.4 Å². The normalized spacial score (nSPS) is 9.89. The Morgan fingerprint density at radius 2 is 2.06 bits per heavy atom. The molecule has 0 bridgehead atoms. The molecule has 1 rings (SSSR count). The third-order valence-electron chi connectivity index (χ3n) is 2.48. The summed E-state index contributed by atoms with van der Waals surface area (Å²) in [6.07, 6.45) is 0.665. The lowest BCUT2D eigenvalue weighted by molar-refractivity contribution is -0.140. The fourth-order valence-electron chi connectivity index (χ4n) is 1.50. The number of nitrogen functional groups attached to an aromatic ring is 1. The highest BCUT2D eigenvalue weighted by Crippen LogP contribution is 2.17. The lowest BCUT2D eigenvalue weighted by Crippen LogP contribution is -2.08. The molecule has 1 aromatic carbocycles. The van der Waals surface area contributed by atoms with Gasteiger partial charge in [-0.1, -0.05) is 0 Å². The van der Waals surface area contributed by atoms with Crippen LogP contribution in [0.25, 0.3) is 0 Å². The Morgan fingerprint density at radius 3 is 2.67 bits per heavy atom. The molecule has 0 saturated carbocycles. The van der Waals surface area contributed by atoms with Gasteiger partial charge in [-0.05, 0) is 37.1 Å². The number of ether oxygens (including phenoxy) is 2. The number of esters is 2. The Hall–Kier alpha value is -2.04. The molecule has 0 amide bonds. The molecule has 0 aliphatic rings. The Bertz CT molecular complexity index is 443. The van der Waals surface area contributed by atoms with Gasteiger partial charge in [-0.3, -0.25) is 4.79 Å². The van der Waals surface area contributed by atoms with E-state index in [4.69, 9.17) is 10.5 Å². The number of methoxy groups -OCH3 is 1. The number of carbonyl (C=O) groups is 2. The lowest BCUT2D eigenvalue weighted by atomic mass is 10.0. The van der Waals surface area contributed by atoms with Crippen molar-refractivity contribution >= 4 is 17.6 Å². The first-order valence-electron chi connectivity index (χ1n) is 5.70. The number of hydrogen-bond acceptors (Lipinski definition) is 5. The Balaban J connectivity index is 2.81. The summed E-state index contributed by atoms with van der Waals surface area (Å²) in [7, 11) is 1.33. The fourth-order valence-corrected chi connectivity index (χ4v) is 1.50. The summed E-state index contributed by atoms with van der Waals surface area (Å²) in [5.41, 5.74) is 7.51. The van der Waals surface area contributed by atoms with Gasteiger partial charge in [-0.25, -0.2) is 4.79 Å². The van der Waals surface area contributed by atoms with Crippen LogP contribution >= 0.6 is 0 Å². The Kier molecular flexibility index (Phi) is 5.17. The molecule has 0 fully saturated rings. The lowest BCUT2D eigenvalue weighted by Gasteiger charge is -2.08. The van der Waals surface area contributed by atoms with Crippen molar-refractivity contribution in [2.75, 3.05) is 19.5 Å². The summed E-state index contributed by atoms with van der Waals surface area (Å²) in [6, 6.07) is 4.89. The van der Waals surface area contributed by atoms with Crippen molar-refractivity contribution in [3.63, 3.8) is 0 Å². The van der Waals surface area contributed by atoms with Crippen molar-refractivity contribution in [1.82, 2.24) is 0 Å². The summed E-state index contributed by atoms with van der Waals surface area (Å²) < 4.78 is 9.45. The van der Waals surface area contributed by atoms with Crippen molar-refractivity contribution in [1.29, 1.82) is 0 Å². The van der Waals surface area contributed by atoms with Crippen LogP contribution in [0.3, 0.4) is 0 Å². The molecule has 0 heterocycles. The molecule has 98 valence electrons. The van der Waals surface area contributed by atoms with Gasteiger partial charge in [0.15, 0.2) is 0 Å². The second-order valence-corrected chi connectivity index (χ2v) is 3.71. The van der Waals surface area contributed by atoms with Crippen LogP contribution < -0.4 is 5.73 Å². The van der Waals surface area contributed by atoms with E-state index in [0.717, 1.165) is 5.56 Å². The first-order chi connectivity index (χ1) is 8.58. The molecule has 5 heteroatoms. The van der Waals surface area contributed by atoms with Crippen molar-refractivity contribution in [2.45, 2.75) is 19.8 Å². The quantitative estimate of drug-likeness (QED) is 0.634. The van der Waals surface area contributed by atoms with Crippen LogP contribution in [0.1, 0.15) is 29.3 Å². The number of nitrogens with two attached hydrogens (primary N) is 1. The van der Waals surface area contributed by atoms with Crippen LogP contribution in [0, 0.1) is 0 Å². The third-order valence-corrected chi connectivity index (χ3v) is 2.48. The maximum Gasteiger partial charge on any atom is 0.338 e. The van der Waals surface area contributed by atoms with E-state index in [1.165, 1.54) is 7.11 Å². The molecular formula is C13H17NO4. The largest absolute Gasteiger partial charge is 0.469 e. The van der Waals surface area contributed by atoms with Gasteiger partial charge in [0, 0.05) is 12.1 Å². The smallest absolute Gasteiger partial charge is 0.338 e. The molecule has 2 N–H and O–H groups in total. The van der Waals surface area contributed by atoms with Crippen LogP contribution in [-0.2, 0) is 20.7 Å². The maximum atomic E-state index is 11.5. The minimum Gasteiger partial charge on any atom is -0.469 e. The minimum absolute atomic E-state index is 0.229. The molecule has 5 nitrogen and oxygen atoms in total. The average molecular weight is 251 g/mol. The SMILES string of the molecule is CCOC(=O)c1ccc(N)c(CCC(=O)OC)c1. The number of carbonyl (C=O) groups excluding carboxylic acids is 2. The minimum atomic E-state index is -0.392. The summed E-state index contributed by atoms with van der Waals surface area (Å²) in [6.45, 7) is 2.06. The van der Waals surface area contributed by atoms with Crippen LogP contribution in [-0.4, -0.2) is 25.7 Å². The van der Waals surface area contributed by atoms with Gasteiger partial charge in [-0.2, -0.15) is 0 Å². The van der Waals surface area contributed by atoms with Gasteiger partial charge in [0.05, 0.1) is 19.3 Å². The van der Waals surface area contributed by atoms with Crippen LogP contribution in [0.15, 0.2) is 18.2 Å². The van der Waals surface area contributed by atoms with E-state index in [1.807, 2.05) is 0 Å². The zero-order valence-corrected chi connectivity index (χ0v) is 10.6. The number of anilines is 1. The summed E-state index contributed by atoms with van der Waals surface area (Å²) in [4.78, 5) is 22.6. The molecule has 0 aliphatic heterocycles. The summed E-state index contributed by atoms with van der Waals surface area (Å²) in [5, 5.41) is 0. The summed E-state index contributed by atoms with van der Waals surface area (Å²) >= 11 is 0. The van der Waals surface area contributed by atoms with Gasteiger partial charge in [0.2, 0.25) is 0 Å². The second kappa shape index (κ2) is 6.64. The predicted octanol–water partition coefficient (Wildman–Crippen LogP) is 1.55. The molecule has 1 aromatic rings. The first kappa shape index (κ1) is 14.0. The van der Waals surface area contributed by atoms with Crippen LogP contribution in [0.5, 0.6) is 0 Å². The maximum absolute atomic E-state index is 11.5. The van der Waals surface area contributed by atoms with Crippen molar-refractivity contribution in [2.24, 2.45) is 0 Å². The average Bonchev–Trinajstić information content (AvgIpc) is 2.37. The van der Waals surface area contributed by atoms with Gasteiger partial charge in [0.1, 0.15) is 0 Å². The number of hydrogen-bond donors (Lipinski definition) is 1. The predicted molar refractivity (Wildman–Crippen MR) is 67.1 cm³/mol. The first-order valence-corrected chi connectivity index (χ1v) is 5.70. The van der Waals surface area contributed by atoms with Crippen LogP contribution in [0.4, 0.5) is 5.69 Å². The molecule has 0 saturated heterocycles. The number of aryl methyl sites for hydroxylation is 1. The van der Waals surface area contributed by atoms with E-state index >= 15 is 0 Å². The molecular weight excluding hydrogens is 234 g/mol. The van der Waals surface area contributed by atoms with Gasteiger partial charge < -0.3 is 15.2 Å². The monoisotopic (exact) mass is 251 g/mol. The zero-order chi connectivity index (χ0) is 13.5. The fraction of sp³-hybridized carbons (Fsp3) is 0.385. The Morgan fingerprint density at radius 1 is 1.33 bits per heavy atom. The highest BCUT2D eigenvalue weighted by Gasteiger charge is 2.10. The van der Waals surface area contributed by atoms with Crippen molar-refractivity contribution in [3.05, 3.63) is 29.3 Å². The molecule has 0 spiro atoms. The topological polar surface area (TPSA) is 78.6 Å². The molecule has 0 aliphatic carbocycles. The summed E-state index contributed by atoms with van der Waals surface area (Å²) in [5.74, 6) is -0.701. The Labute approximate surface area is 106 Å². The standard InChI is InChI=1S/C13H17NO4/c1-3-18-13(16)10-4-6-11(14)9(8-10)5-7-12(15)17-2/h4,6,8H,3,5,7,14H2,1-2H3. The number of benzene rings is 1. The molecule has 0 unspecified atom stereocenters. The van der Waals surface area contributed by atoms with Crippen molar-refractivity contribution < 1.29 is 19.1 Å². The van der Waals surface area contributed by atoms with Gasteiger partial charge >= 0.3 is 11.9 Å². The van der Waals surface area contributed by atoms with Gasteiger partial charge in [0.25, 0.3) is 0 Å². The highest BCUT2D eigenvalue weighted by molar-refractivity contribution is 5.90. The molecule has 0 atom stereocenters. The number of rotatable bonds is 5. The van der Waals surface area contributed by atoms with E-state index in [0.29, 0.717) is 24.3 Å². The van der Waals surface area contributed by atoms with Gasteiger partial charge in [-0.15, -0.1) is 0 Å². The molecule has 0 radical (unpaired) electrons. The highest BCUT2D eigenvalue weighted by atomic mass is 16.5. The van der Waals surface area contributed by atoms with E-state index in [9.17, 15) is 9.59 Å². The third kappa shape index (κ3) is 3.76. The zero-order valence-electron chi connectivity index (χ0n) is 10.6. The van der Waals surface area contributed by atoms with E-state index in [2.05, 4.69) is 4.74 Å².